The van der Waals surface area contributed by atoms with Crippen LogP contribution in [0.4, 0.5) is 0 Å². The molecule has 0 radical (unpaired) electrons. The minimum absolute atomic E-state index is 0.275. The second-order valence-corrected chi connectivity index (χ2v) is 5.71. The molecule has 3 N–H and O–H groups in total. The fourth-order valence-electron chi connectivity index (χ4n) is 3.26. The van der Waals surface area contributed by atoms with Crippen LogP contribution in [0.15, 0.2) is 72.8 Å². The van der Waals surface area contributed by atoms with Crippen molar-refractivity contribution < 1.29 is 5.11 Å². The first-order valence-electron chi connectivity index (χ1n) is 7.71. The van der Waals surface area contributed by atoms with Gasteiger partial charge in [-0.05, 0) is 27.6 Å². The maximum absolute atomic E-state index is 10.7. The molecule has 0 aliphatic heterocycles. The summed E-state index contributed by atoms with van der Waals surface area (Å²) in [4.78, 5) is 0. The number of fused-ring (bicyclic) bond motifs is 2. The smallest absolute Gasteiger partial charge is 0.127 e. The summed E-state index contributed by atoms with van der Waals surface area (Å²) in [6.07, 6.45) is 0. The highest BCUT2D eigenvalue weighted by molar-refractivity contribution is 6.13. The summed E-state index contributed by atoms with van der Waals surface area (Å²) in [5.74, 6) is 0.275. The molecular formula is C21H17NO. The average Bonchev–Trinajstić information content (AvgIpc) is 2.60. The van der Waals surface area contributed by atoms with Crippen LogP contribution < -0.4 is 5.73 Å². The maximum Gasteiger partial charge on any atom is 0.127 e. The van der Waals surface area contributed by atoms with Crippen molar-refractivity contribution in [3.05, 3.63) is 78.4 Å². The Morgan fingerprint density at radius 3 is 1.96 bits per heavy atom. The van der Waals surface area contributed by atoms with Gasteiger partial charge in [-0.2, -0.15) is 0 Å². The van der Waals surface area contributed by atoms with Crippen LogP contribution in [0.1, 0.15) is 5.56 Å². The van der Waals surface area contributed by atoms with Crippen LogP contribution in [0.2, 0.25) is 0 Å². The summed E-state index contributed by atoms with van der Waals surface area (Å²) in [6.45, 7) is 0.322. The van der Waals surface area contributed by atoms with E-state index in [-0.39, 0.29) is 5.75 Å². The van der Waals surface area contributed by atoms with Gasteiger partial charge in [0.1, 0.15) is 5.75 Å². The number of hydrogen-bond donors (Lipinski definition) is 2. The topological polar surface area (TPSA) is 46.2 Å². The highest BCUT2D eigenvalue weighted by Gasteiger charge is 2.14. The van der Waals surface area contributed by atoms with Gasteiger partial charge in [0, 0.05) is 23.2 Å². The first-order valence-corrected chi connectivity index (χ1v) is 7.71. The van der Waals surface area contributed by atoms with Gasteiger partial charge in [0.15, 0.2) is 0 Å². The molecule has 0 aliphatic carbocycles. The Kier molecular flexibility index (Phi) is 3.25. The van der Waals surface area contributed by atoms with Crippen molar-refractivity contribution in [3.8, 4) is 16.9 Å². The van der Waals surface area contributed by atoms with Crippen LogP contribution in [0.25, 0.3) is 32.7 Å². The van der Waals surface area contributed by atoms with Gasteiger partial charge in [-0.1, -0.05) is 66.7 Å². The maximum atomic E-state index is 10.7. The monoisotopic (exact) mass is 299 g/mol. The van der Waals surface area contributed by atoms with Crippen molar-refractivity contribution in [1.29, 1.82) is 0 Å². The SMILES string of the molecule is NCc1cccc(-c2c3ccccc3cc3ccccc23)c1O. The van der Waals surface area contributed by atoms with E-state index in [1.807, 2.05) is 42.5 Å². The van der Waals surface area contributed by atoms with Gasteiger partial charge in [-0.3, -0.25) is 0 Å². The van der Waals surface area contributed by atoms with Crippen LogP contribution in [0.3, 0.4) is 0 Å². The third-order valence-corrected chi connectivity index (χ3v) is 4.38. The third-order valence-electron chi connectivity index (χ3n) is 4.38. The number of phenolic OH excluding ortho intramolecular Hbond substituents is 1. The highest BCUT2D eigenvalue weighted by Crippen LogP contribution is 2.41. The van der Waals surface area contributed by atoms with Crippen molar-refractivity contribution >= 4 is 21.5 Å². The van der Waals surface area contributed by atoms with Gasteiger partial charge < -0.3 is 10.8 Å². The zero-order valence-corrected chi connectivity index (χ0v) is 12.7. The molecule has 0 fully saturated rings. The van der Waals surface area contributed by atoms with Crippen LogP contribution in [0, 0.1) is 0 Å². The Hall–Kier alpha value is -2.84. The van der Waals surface area contributed by atoms with Crippen molar-refractivity contribution in [3.63, 3.8) is 0 Å². The van der Waals surface area contributed by atoms with E-state index in [4.69, 9.17) is 5.73 Å². The highest BCUT2D eigenvalue weighted by atomic mass is 16.3. The lowest BCUT2D eigenvalue weighted by molar-refractivity contribution is 0.470. The number of hydrogen-bond acceptors (Lipinski definition) is 2. The molecule has 0 heterocycles. The predicted octanol–water partition coefficient (Wildman–Crippen LogP) is 4.82. The van der Waals surface area contributed by atoms with Crippen molar-refractivity contribution in [1.82, 2.24) is 0 Å². The van der Waals surface area contributed by atoms with E-state index in [0.717, 1.165) is 27.5 Å². The normalized spacial score (nSPS) is 11.2. The molecule has 0 saturated carbocycles. The number of nitrogens with two attached hydrogens (primary N) is 1. The summed E-state index contributed by atoms with van der Waals surface area (Å²) in [5.41, 5.74) is 8.42. The molecule has 0 atom stereocenters. The lowest BCUT2D eigenvalue weighted by Crippen LogP contribution is -1.97. The molecule has 112 valence electrons. The second kappa shape index (κ2) is 5.41. The number of benzene rings is 4. The molecule has 4 rings (SSSR count). The van der Waals surface area contributed by atoms with Crippen molar-refractivity contribution in [2.24, 2.45) is 5.73 Å². The Morgan fingerprint density at radius 2 is 1.35 bits per heavy atom. The van der Waals surface area contributed by atoms with Gasteiger partial charge >= 0.3 is 0 Å². The Morgan fingerprint density at radius 1 is 0.739 bits per heavy atom. The zero-order valence-electron chi connectivity index (χ0n) is 12.7. The minimum atomic E-state index is 0.275. The number of rotatable bonds is 2. The van der Waals surface area contributed by atoms with E-state index in [0.29, 0.717) is 6.54 Å². The first kappa shape index (κ1) is 13.8. The van der Waals surface area contributed by atoms with Crippen molar-refractivity contribution in [2.45, 2.75) is 6.54 Å². The zero-order chi connectivity index (χ0) is 15.8. The number of para-hydroxylation sites is 1. The first-order chi connectivity index (χ1) is 11.3. The molecule has 0 saturated heterocycles. The summed E-state index contributed by atoms with van der Waals surface area (Å²) in [5, 5.41) is 15.3. The summed E-state index contributed by atoms with van der Waals surface area (Å²) < 4.78 is 0. The molecule has 0 aromatic heterocycles. The van der Waals surface area contributed by atoms with Crippen LogP contribution >= 0.6 is 0 Å². The largest absolute Gasteiger partial charge is 0.507 e. The van der Waals surface area contributed by atoms with E-state index in [9.17, 15) is 5.11 Å². The minimum Gasteiger partial charge on any atom is -0.507 e. The van der Waals surface area contributed by atoms with Crippen molar-refractivity contribution in [2.75, 3.05) is 0 Å². The number of aromatic hydroxyl groups is 1. The second-order valence-electron chi connectivity index (χ2n) is 5.71. The van der Waals surface area contributed by atoms with Crippen LogP contribution in [-0.2, 0) is 6.54 Å². The molecular weight excluding hydrogens is 282 g/mol. The molecule has 4 aromatic rings. The molecule has 23 heavy (non-hydrogen) atoms. The van der Waals surface area contributed by atoms with Crippen LogP contribution in [-0.4, -0.2) is 5.11 Å². The fraction of sp³-hybridized carbons (Fsp3) is 0.0476. The van der Waals surface area contributed by atoms with Gasteiger partial charge in [0.05, 0.1) is 0 Å². The number of phenols is 1. The summed E-state index contributed by atoms with van der Waals surface area (Å²) >= 11 is 0. The van der Waals surface area contributed by atoms with Gasteiger partial charge in [-0.15, -0.1) is 0 Å². The average molecular weight is 299 g/mol. The van der Waals surface area contributed by atoms with Gasteiger partial charge in [-0.25, -0.2) is 0 Å². The van der Waals surface area contributed by atoms with E-state index >= 15 is 0 Å². The molecule has 4 aromatic carbocycles. The Labute approximate surface area is 134 Å². The molecule has 0 bridgehead atoms. The van der Waals surface area contributed by atoms with Crippen LogP contribution in [0.5, 0.6) is 5.75 Å². The standard InChI is InChI=1S/C21H17NO/c22-13-16-8-5-11-19(21(16)23)20-17-9-3-1-6-14(17)12-15-7-2-4-10-18(15)20/h1-12,23H,13,22H2. The lowest BCUT2D eigenvalue weighted by Gasteiger charge is -2.14. The molecule has 0 unspecified atom stereocenters. The Balaban J connectivity index is 2.20. The molecule has 2 nitrogen and oxygen atoms in total. The quantitative estimate of drug-likeness (QED) is 0.521. The molecule has 0 spiro atoms. The third kappa shape index (κ3) is 2.16. The summed E-state index contributed by atoms with van der Waals surface area (Å²) in [7, 11) is 0. The molecule has 0 aliphatic rings. The van der Waals surface area contributed by atoms with E-state index in [1.165, 1.54) is 10.8 Å². The lowest BCUT2D eigenvalue weighted by atomic mass is 9.91. The van der Waals surface area contributed by atoms with Gasteiger partial charge in [0.2, 0.25) is 0 Å². The Bertz CT molecular complexity index is 967. The summed E-state index contributed by atoms with van der Waals surface area (Å²) in [6, 6.07) is 24.5. The molecule has 0 amide bonds. The molecule has 2 heteroatoms. The van der Waals surface area contributed by atoms with E-state index < -0.39 is 0 Å². The van der Waals surface area contributed by atoms with Gasteiger partial charge in [0.25, 0.3) is 0 Å². The predicted molar refractivity (Wildman–Crippen MR) is 96.4 cm³/mol. The fourth-order valence-corrected chi connectivity index (χ4v) is 3.26. The van der Waals surface area contributed by atoms with E-state index in [2.05, 4.69) is 30.3 Å². The van der Waals surface area contributed by atoms with E-state index in [1.54, 1.807) is 0 Å².